The average Bonchev–Trinajstić information content (AvgIpc) is 3.03. The van der Waals surface area contributed by atoms with Crippen LogP contribution in [0, 0.1) is 13.8 Å². The summed E-state index contributed by atoms with van der Waals surface area (Å²) in [7, 11) is 0. The second-order valence-electron chi connectivity index (χ2n) is 5.29. The molecule has 0 bridgehead atoms. The van der Waals surface area contributed by atoms with E-state index in [1.165, 1.54) is 21.9 Å². The summed E-state index contributed by atoms with van der Waals surface area (Å²) in [6, 6.07) is 4.85. The molecule has 3 rings (SSSR count). The SMILES string of the molecule is Cc1cc(C(C)NC(=O)c2cc3c(cc2O)OCO3)c(C)s1. The van der Waals surface area contributed by atoms with Crippen LogP contribution in [-0.2, 0) is 0 Å². The molecule has 1 aromatic carbocycles. The van der Waals surface area contributed by atoms with E-state index in [1.54, 1.807) is 11.3 Å². The van der Waals surface area contributed by atoms with Crippen LogP contribution in [0.25, 0.3) is 0 Å². The number of nitrogens with one attached hydrogen (secondary N) is 1. The molecule has 116 valence electrons. The summed E-state index contributed by atoms with van der Waals surface area (Å²) < 4.78 is 10.4. The fourth-order valence-corrected chi connectivity index (χ4v) is 3.57. The van der Waals surface area contributed by atoms with E-state index in [2.05, 4.69) is 11.4 Å². The van der Waals surface area contributed by atoms with Gasteiger partial charge in [-0.1, -0.05) is 0 Å². The summed E-state index contributed by atoms with van der Waals surface area (Å²) in [5, 5.41) is 12.9. The van der Waals surface area contributed by atoms with Crippen molar-refractivity contribution in [2.75, 3.05) is 6.79 Å². The number of hydrogen-bond donors (Lipinski definition) is 2. The second kappa shape index (κ2) is 5.53. The third kappa shape index (κ3) is 2.62. The van der Waals surface area contributed by atoms with E-state index in [0.717, 1.165) is 5.56 Å². The molecule has 0 saturated heterocycles. The zero-order valence-corrected chi connectivity index (χ0v) is 13.4. The molecular weight excluding hydrogens is 302 g/mol. The number of rotatable bonds is 3. The molecule has 1 amide bonds. The Kier molecular flexibility index (Phi) is 3.70. The molecule has 6 heteroatoms. The molecule has 1 atom stereocenters. The highest BCUT2D eigenvalue weighted by molar-refractivity contribution is 7.12. The Hall–Kier alpha value is -2.21. The maximum atomic E-state index is 12.4. The van der Waals surface area contributed by atoms with Crippen molar-refractivity contribution in [3.05, 3.63) is 39.1 Å². The maximum absolute atomic E-state index is 12.4. The zero-order chi connectivity index (χ0) is 15.9. The monoisotopic (exact) mass is 319 g/mol. The molecule has 22 heavy (non-hydrogen) atoms. The summed E-state index contributed by atoms with van der Waals surface area (Å²) in [6.07, 6.45) is 0. The standard InChI is InChI=1S/C16H17NO4S/c1-8-4-11(10(3)22-8)9(2)17-16(19)12-5-14-15(6-13(12)18)21-7-20-14/h4-6,9,18H,7H2,1-3H3,(H,17,19). The van der Waals surface area contributed by atoms with Crippen molar-refractivity contribution in [3.8, 4) is 17.2 Å². The van der Waals surface area contributed by atoms with Crippen molar-refractivity contribution in [3.63, 3.8) is 0 Å². The fourth-order valence-electron chi connectivity index (χ4n) is 2.55. The van der Waals surface area contributed by atoms with Crippen molar-refractivity contribution in [1.82, 2.24) is 5.32 Å². The Morgan fingerprint density at radius 2 is 1.95 bits per heavy atom. The van der Waals surface area contributed by atoms with Crippen molar-refractivity contribution >= 4 is 17.2 Å². The van der Waals surface area contributed by atoms with Gasteiger partial charge in [0.05, 0.1) is 11.6 Å². The number of phenols is 1. The number of hydrogen-bond acceptors (Lipinski definition) is 5. The lowest BCUT2D eigenvalue weighted by Crippen LogP contribution is -2.26. The molecule has 1 aromatic heterocycles. The van der Waals surface area contributed by atoms with Crippen molar-refractivity contribution in [2.24, 2.45) is 0 Å². The van der Waals surface area contributed by atoms with Gasteiger partial charge in [-0.3, -0.25) is 4.79 Å². The summed E-state index contributed by atoms with van der Waals surface area (Å²) in [5.41, 5.74) is 1.27. The van der Waals surface area contributed by atoms with Crippen LogP contribution < -0.4 is 14.8 Å². The number of ether oxygens (including phenoxy) is 2. The summed E-state index contributed by atoms with van der Waals surface area (Å²) in [5.74, 6) is 0.461. The molecule has 5 nitrogen and oxygen atoms in total. The van der Waals surface area contributed by atoms with E-state index < -0.39 is 0 Å². The van der Waals surface area contributed by atoms with E-state index in [4.69, 9.17) is 9.47 Å². The number of aryl methyl sites for hydroxylation is 2. The first-order chi connectivity index (χ1) is 10.5. The fraction of sp³-hybridized carbons (Fsp3) is 0.312. The van der Waals surface area contributed by atoms with E-state index in [1.807, 2.05) is 20.8 Å². The van der Waals surface area contributed by atoms with Crippen LogP contribution in [0.5, 0.6) is 17.2 Å². The number of thiophene rings is 1. The van der Waals surface area contributed by atoms with Gasteiger partial charge in [0, 0.05) is 21.9 Å². The molecule has 2 aromatic rings. The van der Waals surface area contributed by atoms with E-state index in [0.29, 0.717) is 11.5 Å². The van der Waals surface area contributed by atoms with Crippen molar-refractivity contribution in [2.45, 2.75) is 26.8 Å². The first kappa shape index (κ1) is 14.7. The Morgan fingerprint density at radius 1 is 1.27 bits per heavy atom. The number of fused-ring (bicyclic) bond motifs is 1. The number of carbonyl (C=O) groups is 1. The van der Waals surface area contributed by atoms with Gasteiger partial charge in [0.15, 0.2) is 11.5 Å². The molecule has 0 saturated carbocycles. The third-order valence-corrected chi connectivity index (χ3v) is 4.61. The van der Waals surface area contributed by atoms with Gasteiger partial charge in [0.25, 0.3) is 5.91 Å². The van der Waals surface area contributed by atoms with Gasteiger partial charge in [-0.2, -0.15) is 0 Å². The number of carbonyl (C=O) groups excluding carboxylic acids is 1. The summed E-state index contributed by atoms with van der Waals surface area (Å²) >= 11 is 1.70. The Morgan fingerprint density at radius 3 is 2.59 bits per heavy atom. The molecule has 0 radical (unpaired) electrons. The average molecular weight is 319 g/mol. The van der Waals surface area contributed by atoms with Crippen LogP contribution in [0.15, 0.2) is 18.2 Å². The molecule has 0 aliphatic carbocycles. The highest BCUT2D eigenvalue weighted by Crippen LogP contribution is 2.37. The Balaban J connectivity index is 1.81. The molecule has 2 N–H and O–H groups in total. The van der Waals surface area contributed by atoms with Crippen LogP contribution >= 0.6 is 11.3 Å². The van der Waals surface area contributed by atoms with Gasteiger partial charge in [-0.05, 0) is 32.4 Å². The molecule has 2 heterocycles. The lowest BCUT2D eigenvalue weighted by molar-refractivity contribution is 0.0937. The van der Waals surface area contributed by atoms with Crippen molar-refractivity contribution < 1.29 is 19.4 Å². The first-order valence-corrected chi connectivity index (χ1v) is 7.77. The third-order valence-electron chi connectivity index (χ3n) is 3.63. The first-order valence-electron chi connectivity index (χ1n) is 6.96. The molecular formula is C16H17NO4S. The van der Waals surface area contributed by atoms with Gasteiger partial charge in [0.1, 0.15) is 5.75 Å². The Bertz CT molecular complexity index is 738. The minimum absolute atomic E-state index is 0.101. The van der Waals surface area contributed by atoms with E-state index >= 15 is 0 Å². The van der Waals surface area contributed by atoms with Crippen LogP contribution in [0.4, 0.5) is 0 Å². The van der Waals surface area contributed by atoms with Gasteiger partial charge in [0.2, 0.25) is 6.79 Å². The number of aromatic hydroxyl groups is 1. The van der Waals surface area contributed by atoms with Gasteiger partial charge in [-0.15, -0.1) is 11.3 Å². The largest absolute Gasteiger partial charge is 0.507 e. The Labute approximate surface area is 132 Å². The van der Waals surface area contributed by atoms with Crippen LogP contribution in [-0.4, -0.2) is 17.8 Å². The lowest BCUT2D eigenvalue weighted by Gasteiger charge is -2.15. The highest BCUT2D eigenvalue weighted by atomic mass is 32.1. The quantitative estimate of drug-likeness (QED) is 0.911. The maximum Gasteiger partial charge on any atom is 0.255 e. The smallest absolute Gasteiger partial charge is 0.255 e. The molecule has 1 aliphatic rings. The lowest BCUT2D eigenvalue weighted by atomic mass is 10.1. The van der Waals surface area contributed by atoms with Crippen LogP contribution in [0.2, 0.25) is 0 Å². The minimum Gasteiger partial charge on any atom is -0.507 e. The van der Waals surface area contributed by atoms with E-state index in [9.17, 15) is 9.90 Å². The topological polar surface area (TPSA) is 67.8 Å². The van der Waals surface area contributed by atoms with E-state index in [-0.39, 0.29) is 30.1 Å². The number of phenolic OH excluding ortho intramolecular Hbond substituents is 1. The predicted molar refractivity (Wildman–Crippen MR) is 83.9 cm³/mol. The normalized spacial score (nSPS) is 14.0. The number of benzene rings is 1. The molecule has 1 aliphatic heterocycles. The molecule has 1 unspecified atom stereocenters. The molecule has 0 fully saturated rings. The number of amides is 1. The van der Waals surface area contributed by atoms with Gasteiger partial charge >= 0.3 is 0 Å². The van der Waals surface area contributed by atoms with Gasteiger partial charge in [-0.25, -0.2) is 0 Å². The predicted octanol–water partition coefficient (Wildman–Crippen LogP) is 3.29. The summed E-state index contributed by atoms with van der Waals surface area (Å²) in [4.78, 5) is 14.8. The van der Waals surface area contributed by atoms with Crippen molar-refractivity contribution in [1.29, 1.82) is 0 Å². The zero-order valence-electron chi connectivity index (χ0n) is 12.6. The highest BCUT2D eigenvalue weighted by Gasteiger charge is 2.22. The van der Waals surface area contributed by atoms with Gasteiger partial charge < -0.3 is 19.9 Å². The van der Waals surface area contributed by atoms with Crippen LogP contribution in [0.3, 0.4) is 0 Å². The van der Waals surface area contributed by atoms with Crippen LogP contribution in [0.1, 0.15) is 38.6 Å². The minimum atomic E-state index is -0.341. The second-order valence-corrected chi connectivity index (χ2v) is 6.75. The summed E-state index contributed by atoms with van der Waals surface area (Å²) in [6.45, 7) is 6.10. The molecule has 0 spiro atoms.